The van der Waals surface area contributed by atoms with Gasteiger partial charge < -0.3 is 11.2 Å². The number of anilines is 2. The number of aryl methyl sites for hydroxylation is 1. The highest BCUT2D eigenvalue weighted by molar-refractivity contribution is 7.15. The van der Waals surface area contributed by atoms with E-state index in [1.165, 1.54) is 11.3 Å². The molecule has 3 aromatic heterocycles. The van der Waals surface area contributed by atoms with E-state index in [4.69, 9.17) is 5.84 Å². The van der Waals surface area contributed by atoms with E-state index in [1.54, 1.807) is 47.2 Å². The highest BCUT2D eigenvalue weighted by Crippen LogP contribution is 2.36. The lowest BCUT2D eigenvalue weighted by molar-refractivity contribution is -0.124. The molecule has 0 atom stereocenters. The lowest BCUT2D eigenvalue weighted by Crippen LogP contribution is -2.32. The second-order valence-electron chi connectivity index (χ2n) is 8.04. The first-order chi connectivity index (χ1) is 15.3. The fourth-order valence-electron chi connectivity index (χ4n) is 3.41. The number of nitrogens with zero attached hydrogens (tertiary/aromatic N) is 7. The molecule has 1 fully saturated rings. The maximum absolute atomic E-state index is 13.0. The molecule has 166 valence electrons. The highest BCUT2D eigenvalue weighted by atomic mass is 32.1. The van der Waals surface area contributed by atoms with Gasteiger partial charge in [0.15, 0.2) is 5.82 Å². The number of carbonyl (C=O) groups is 2. The Bertz CT molecular complexity index is 1200. The first-order valence-electron chi connectivity index (χ1n) is 9.94. The zero-order chi connectivity index (χ0) is 22.9. The summed E-state index contributed by atoms with van der Waals surface area (Å²) < 4.78 is 1.57. The minimum atomic E-state index is -0.452. The monoisotopic (exact) mass is 453 g/mol. The Morgan fingerprint density at radius 1 is 1.38 bits per heavy atom. The summed E-state index contributed by atoms with van der Waals surface area (Å²) in [5.74, 6) is 5.06. The molecular weight excluding hydrogens is 430 g/mol. The number of aromatic nitrogens is 4. The molecule has 1 aliphatic heterocycles. The van der Waals surface area contributed by atoms with Crippen LogP contribution in [-0.4, -0.2) is 38.1 Å². The van der Waals surface area contributed by atoms with Crippen molar-refractivity contribution >= 4 is 34.7 Å². The van der Waals surface area contributed by atoms with Crippen molar-refractivity contribution in [1.82, 2.24) is 19.7 Å². The van der Waals surface area contributed by atoms with Gasteiger partial charge in [-0.1, -0.05) is 25.1 Å². The van der Waals surface area contributed by atoms with Gasteiger partial charge in [-0.15, -0.1) is 11.3 Å². The fraction of sp³-hybridized carbons (Fsp3) is 0.350. The van der Waals surface area contributed by atoms with Crippen LogP contribution < -0.4 is 16.1 Å². The predicted molar refractivity (Wildman–Crippen MR) is 120 cm³/mol. The van der Waals surface area contributed by atoms with Crippen molar-refractivity contribution in [2.45, 2.75) is 26.8 Å². The largest absolute Gasteiger partial charge is 0.316 e. The van der Waals surface area contributed by atoms with E-state index < -0.39 is 11.3 Å². The van der Waals surface area contributed by atoms with Crippen LogP contribution in [0.1, 0.15) is 35.6 Å². The third kappa shape index (κ3) is 4.21. The number of nitrogens with one attached hydrogen (secondary N) is 1. The van der Waals surface area contributed by atoms with Crippen LogP contribution in [0.3, 0.4) is 0 Å². The maximum atomic E-state index is 13.0. The molecule has 1 saturated heterocycles. The van der Waals surface area contributed by atoms with Crippen LogP contribution in [0.25, 0.3) is 10.7 Å². The van der Waals surface area contributed by atoms with Crippen LogP contribution >= 0.6 is 11.3 Å². The molecule has 0 aromatic carbocycles. The number of carbonyl (C=O) groups excluding carboxylic acids is 2. The molecule has 2 amide bonds. The fourth-order valence-corrected chi connectivity index (χ4v) is 4.21. The topological polar surface area (TPSA) is 144 Å². The van der Waals surface area contributed by atoms with E-state index in [0.29, 0.717) is 35.3 Å². The van der Waals surface area contributed by atoms with Crippen LogP contribution in [0.15, 0.2) is 40.9 Å². The van der Waals surface area contributed by atoms with Crippen LogP contribution in [0.5, 0.6) is 0 Å². The second kappa shape index (κ2) is 8.46. The summed E-state index contributed by atoms with van der Waals surface area (Å²) >= 11 is 1.40. The first kappa shape index (κ1) is 21.6. The number of hydrogen-bond donors (Lipinski definition) is 2. The van der Waals surface area contributed by atoms with E-state index in [1.807, 2.05) is 13.8 Å². The highest BCUT2D eigenvalue weighted by Gasteiger charge is 2.41. The van der Waals surface area contributed by atoms with Crippen LogP contribution in [-0.2, 0) is 18.4 Å². The zero-order valence-corrected chi connectivity index (χ0v) is 18.8. The van der Waals surface area contributed by atoms with Crippen molar-refractivity contribution in [2.24, 2.45) is 28.6 Å². The number of thiazole rings is 1. The molecule has 3 N–H and O–H groups in total. The minimum Gasteiger partial charge on any atom is -0.316 e. The third-order valence-electron chi connectivity index (χ3n) is 5.16. The van der Waals surface area contributed by atoms with Crippen molar-refractivity contribution in [3.8, 4) is 10.7 Å². The molecule has 1 aliphatic rings. The van der Waals surface area contributed by atoms with E-state index >= 15 is 0 Å². The van der Waals surface area contributed by atoms with Gasteiger partial charge in [-0.3, -0.25) is 19.2 Å². The number of amides is 2. The maximum Gasteiger partial charge on any atom is 0.274 e. The number of nitrogens with two attached hydrogens (primary N) is 1. The first-order valence-corrected chi connectivity index (χ1v) is 10.8. The Labute approximate surface area is 188 Å². The Hall–Kier alpha value is -3.67. The standard InChI is InChI=1S/C20H23N9O2S/c1-20(2)7-8-29(19(20)31)16-15(11-28(3)26-16)25-17(30)13-5-4-6-14(24-13)18-22-9-12(32-18)10-23-27-21/h4-6,9,11H,7-8,10H2,1-3H3,(H2,21,23)(H,25,30). The normalized spacial score (nSPS) is 15.6. The number of rotatable bonds is 6. The Kier molecular flexibility index (Phi) is 5.70. The average Bonchev–Trinajstić information content (AvgIpc) is 3.45. The van der Waals surface area contributed by atoms with E-state index in [2.05, 4.69) is 30.7 Å². The summed E-state index contributed by atoms with van der Waals surface area (Å²) in [5.41, 5.74) is 0.803. The zero-order valence-electron chi connectivity index (χ0n) is 17.9. The quantitative estimate of drug-likeness (QED) is 0.334. The van der Waals surface area contributed by atoms with E-state index in [-0.39, 0.29) is 11.6 Å². The van der Waals surface area contributed by atoms with Crippen molar-refractivity contribution in [3.63, 3.8) is 0 Å². The van der Waals surface area contributed by atoms with E-state index in [9.17, 15) is 9.59 Å². The molecule has 4 rings (SSSR count). The van der Waals surface area contributed by atoms with Gasteiger partial charge in [0.2, 0.25) is 5.91 Å². The van der Waals surface area contributed by atoms with Crippen LogP contribution in [0.4, 0.5) is 11.5 Å². The molecule has 11 nitrogen and oxygen atoms in total. The van der Waals surface area contributed by atoms with Gasteiger partial charge >= 0.3 is 0 Å². The predicted octanol–water partition coefficient (Wildman–Crippen LogP) is 2.78. The molecule has 3 aromatic rings. The van der Waals surface area contributed by atoms with Gasteiger partial charge in [0.1, 0.15) is 16.4 Å². The van der Waals surface area contributed by atoms with Gasteiger partial charge in [0.05, 0.1) is 18.4 Å². The molecule has 0 unspecified atom stereocenters. The molecule has 12 heteroatoms. The Morgan fingerprint density at radius 3 is 2.91 bits per heavy atom. The van der Waals surface area contributed by atoms with Crippen molar-refractivity contribution < 1.29 is 9.59 Å². The molecule has 32 heavy (non-hydrogen) atoms. The molecule has 4 heterocycles. The summed E-state index contributed by atoms with van der Waals surface area (Å²) in [6, 6.07) is 5.15. The lowest BCUT2D eigenvalue weighted by atomic mass is 9.92. The molecule has 0 radical (unpaired) electrons. The smallest absolute Gasteiger partial charge is 0.274 e. The second-order valence-corrected chi connectivity index (χ2v) is 9.15. The third-order valence-corrected chi connectivity index (χ3v) is 6.16. The molecular formula is C20H23N9O2S. The van der Waals surface area contributed by atoms with Crippen molar-refractivity contribution in [1.29, 1.82) is 0 Å². The molecule has 0 saturated carbocycles. The Morgan fingerprint density at radius 2 is 2.19 bits per heavy atom. The summed E-state index contributed by atoms with van der Waals surface area (Å²) in [7, 11) is 1.74. The van der Waals surface area contributed by atoms with Gasteiger partial charge in [0, 0.05) is 30.1 Å². The lowest BCUT2D eigenvalue weighted by Gasteiger charge is -2.18. The van der Waals surface area contributed by atoms with E-state index in [0.717, 1.165) is 11.3 Å². The average molecular weight is 454 g/mol. The minimum absolute atomic E-state index is 0.0134. The summed E-state index contributed by atoms with van der Waals surface area (Å²) in [6.45, 7) is 4.71. The van der Waals surface area contributed by atoms with Crippen LogP contribution in [0, 0.1) is 5.41 Å². The van der Waals surface area contributed by atoms with Crippen molar-refractivity contribution in [2.75, 3.05) is 16.8 Å². The Balaban J connectivity index is 1.55. The summed E-state index contributed by atoms with van der Waals surface area (Å²) in [4.78, 5) is 37.0. The number of pyridine rings is 1. The van der Waals surface area contributed by atoms with Gasteiger partial charge in [-0.2, -0.15) is 10.2 Å². The number of hydrogen-bond acceptors (Lipinski definition) is 8. The van der Waals surface area contributed by atoms with Gasteiger partial charge in [-0.05, 0) is 18.6 Å². The SMILES string of the molecule is Cn1cc(NC(=O)c2cccc(-c3ncc(CN=NN)s3)n2)c(N2CCC(C)(C)C2=O)n1. The summed E-state index contributed by atoms with van der Waals surface area (Å²) in [5, 5.41) is 14.9. The molecule has 0 aliphatic carbocycles. The van der Waals surface area contributed by atoms with Crippen molar-refractivity contribution in [3.05, 3.63) is 41.2 Å². The van der Waals surface area contributed by atoms with Gasteiger partial charge in [-0.25, -0.2) is 9.97 Å². The molecule has 0 bridgehead atoms. The van der Waals surface area contributed by atoms with Gasteiger partial charge in [0.25, 0.3) is 5.91 Å². The van der Waals surface area contributed by atoms with Crippen LogP contribution in [0.2, 0.25) is 0 Å². The summed E-state index contributed by atoms with van der Waals surface area (Å²) in [6.07, 6.45) is 4.08. The molecule has 0 spiro atoms.